The smallest absolute Gasteiger partial charge is 0.332 e. The molecule has 41 heavy (non-hydrogen) atoms. The fourth-order valence-electron chi connectivity index (χ4n) is 5.86. The zero-order valence-corrected chi connectivity index (χ0v) is 27.4. The van der Waals surface area contributed by atoms with Crippen molar-refractivity contribution in [3.63, 3.8) is 0 Å². The van der Waals surface area contributed by atoms with E-state index in [0.29, 0.717) is 37.4 Å². The molecule has 9 heteroatoms. The Morgan fingerprint density at radius 2 is 1.78 bits per heavy atom. The Labute approximate surface area is 249 Å². The molecule has 1 amide bonds. The lowest BCUT2D eigenvalue weighted by Gasteiger charge is -2.41. The van der Waals surface area contributed by atoms with Crippen molar-refractivity contribution in [3.8, 4) is 5.75 Å². The maximum atomic E-state index is 14.8. The summed E-state index contributed by atoms with van der Waals surface area (Å²) < 4.78 is 22.8. The minimum atomic E-state index is -1.21. The highest BCUT2D eigenvalue weighted by atomic mass is 32.1. The lowest BCUT2D eigenvalue weighted by Crippen LogP contribution is -2.56. The van der Waals surface area contributed by atoms with Gasteiger partial charge in [-0.2, -0.15) is 0 Å². The van der Waals surface area contributed by atoms with E-state index in [2.05, 4.69) is 34.6 Å². The summed E-state index contributed by atoms with van der Waals surface area (Å²) in [6.07, 6.45) is 2.63. The zero-order chi connectivity index (χ0) is 30.8. The highest BCUT2D eigenvalue weighted by molar-refractivity contribution is 7.11. The summed E-state index contributed by atoms with van der Waals surface area (Å²) in [6.45, 7) is 16.8. The fraction of sp³-hybridized carbons (Fsp3) is 0.656. The van der Waals surface area contributed by atoms with E-state index < -0.39 is 23.2 Å². The summed E-state index contributed by atoms with van der Waals surface area (Å²) in [6, 6.07) is 5.08. The summed E-state index contributed by atoms with van der Waals surface area (Å²) >= 11 is 1.50. The molecule has 0 spiro atoms. The number of methoxy groups -OCH3 is 3. The van der Waals surface area contributed by atoms with E-state index in [0.717, 1.165) is 15.4 Å². The zero-order valence-electron chi connectivity index (χ0n) is 26.6. The van der Waals surface area contributed by atoms with Crippen LogP contribution in [0, 0.1) is 11.8 Å². The number of ether oxygens (including phenoxy) is 4. The maximum Gasteiger partial charge on any atom is 0.332 e. The van der Waals surface area contributed by atoms with Crippen LogP contribution in [0.1, 0.15) is 100 Å². The summed E-state index contributed by atoms with van der Waals surface area (Å²) in [5.74, 6) is -0.0914. The summed E-state index contributed by atoms with van der Waals surface area (Å²) in [5.41, 5.74) is -0.673. The largest absolute Gasteiger partial charge is 0.496 e. The number of thiazole rings is 1. The molecule has 2 heterocycles. The van der Waals surface area contributed by atoms with Crippen molar-refractivity contribution in [1.82, 2.24) is 9.88 Å². The number of carbonyl (C=O) groups excluding carboxylic acids is 2. The molecule has 0 N–H and O–H groups in total. The molecule has 1 fully saturated rings. The molecule has 1 aromatic carbocycles. The minimum absolute atomic E-state index is 0.109. The van der Waals surface area contributed by atoms with Crippen molar-refractivity contribution >= 4 is 23.2 Å². The molecule has 1 saturated heterocycles. The number of hydrogen-bond donors (Lipinski definition) is 0. The van der Waals surface area contributed by atoms with E-state index in [4.69, 9.17) is 23.9 Å². The second-order valence-corrected chi connectivity index (χ2v) is 14.6. The Bertz CT molecular complexity index is 1210. The van der Waals surface area contributed by atoms with E-state index in [1.165, 1.54) is 11.3 Å². The minimum Gasteiger partial charge on any atom is -0.496 e. The lowest BCUT2D eigenvalue weighted by molar-refractivity contribution is -0.168. The van der Waals surface area contributed by atoms with Gasteiger partial charge in [0.2, 0.25) is 0 Å². The number of benzene rings is 1. The van der Waals surface area contributed by atoms with Gasteiger partial charge < -0.3 is 23.8 Å². The first-order chi connectivity index (χ1) is 19.1. The van der Waals surface area contributed by atoms with Gasteiger partial charge in [-0.25, -0.2) is 9.78 Å². The first-order valence-electron chi connectivity index (χ1n) is 14.3. The SMILES string of the molecule is COCc1cnc(C2[C@@H](COC)C[C@@](CC(C)C)(C(=O)OC(C)(C)C)N2C(=O)c2ccc(C(C)(C)C)c(OC)c2)s1. The number of aromatic nitrogens is 1. The number of rotatable bonds is 10. The van der Waals surface area contributed by atoms with Crippen LogP contribution in [-0.2, 0) is 31.0 Å². The molecule has 0 bridgehead atoms. The van der Waals surface area contributed by atoms with Crippen LogP contribution in [0.5, 0.6) is 5.75 Å². The third-order valence-corrected chi connectivity index (χ3v) is 8.32. The van der Waals surface area contributed by atoms with Crippen molar-refractivity contribution < 1.29 is 28.5 Å². The molecule has 2 aromatic rings. The van der Waals surface area contributed by atoms with Crippen LogP contribution in [0.15, 0.2) is 24.4 Å². The molecule has 3 atom stereocenters. The van der Waals surface area contributed by atoms with E-state index in [9.17, 15) is 9.59 Å². The molecule has 228 valence electrons. The third kappa shape index (κ3) is 7.30. The van der Waals surface area contributed by atoms with E-state index in [1.54, 1.807) is 38.5 Å². The molecule has 0 aliphatic carbocycles. The Morgan fingerprint density at radius 3 is 2.32 bits per heavy atom. The Kier molecular flexibility index (Phi) is 10.3. The number of likely N-dealkylation sites (tertiary alicyclic amines) is 1. The molecular weight excluding hydrogens is 540 g/mol. The monoisotopic (exact) mass is 588 g/mol. The Balaban J connectivity index is 2.28. The van der Waals surface area contributed by atoms with Gasteiger partial charge in [0.05, 0.1) is 31.2 Å². The van der Waals surface area contributed by atoms with Crippen molar-refractivity contribution in [2.45, 2.75) is 97.4 Å². The molecule has 1 unspecified atom stereocenters. The van der Waals surface area contributed by atoms with Gasteiger partial charge in [0.15, 0.2) is 0 Å². The second-order valence-electron chi connectivity index (χ2n) is 13.4. The van der Waals surface area contributed by atoms with Gasteiger partial charge in [-0.15, -0.1) is 11.3 Å². The van der Waals surface area contributed by atoms with Gasteiger partial charge in [0.25, 0.3) is 5.91 Å². The highest BCUT2D eigenvalue weighted by Gasteiger charge is 2.60. The van der Waals surface area contributed by atoms with Crippen LogP contribution in [0.25, 0.3) is 0 Å². The second kappa shape index (κ2) is 12.8. The molecule has 3 rings (SSSR count). The maximum absolute atomic E-state index is 14.8. The summed E-state index contributed by atoms with van der Waals surface area (Å²) in [5, 5.41) is 0.750. The van der Waals surface area contributed by atoms with Gasteiger partial charge in [0.1, 0.15) is 21.9 Å². The van der Waals surface area contributed by atoms with E-state index in [-0.39, 0.29) is 23.2 Å². The van der Waals surface area contributed by atoms with E-state index in [1.807, 2.05) is 32.9 Å². The molecule has 0 saturated carbocycles. The highest BCUT2D eigenvalue weighted by Crippen LogP contribution is 2.52. The Hall–Kier alpha value is -2.49. The number of carbonyl (C=O) groups is 2. The van der Waals surface area contributed by atoms with Gasteiger partial charge in [0, 0.05) is 31.9 Å². The third-order valence-electron chi connectivity index (χ3n) is 7.28. The molecule has 1 aromatic heterocycles. The molecular formula is C32H48N2O6S. The van der Waals surface area contributed by atoms with Crippen molar-refractivity contribution in [2.75, 3.05) is 27.9 Å². The standard InChI is InChI=1S/C32H48N2O6S/c1-20(2)15-32(29(36)40-31(6,7)8)16-22(18-37-9)26(27-33-17-23(41-27)19-38-10)34(32)28(35)21-12-13-24(30(3,4)5)25(14-21)39-11/h12-14,17,20,22,26H,15-16,18-19H2,1-11H3/t22-,26?,32+/m1/s1. The quantitative estimate of drug-likeness (QED) is 0.290. The van der Waals surface area contributed by atoms with Gasteiger partial charge in [-0.1, -0.05) is 40.7 Å². The first-order valence-corrected chi connectivity index (χ1v) is 15.1. The van der Waals surface area contributed by atoms with Crippen molar-refractivity contribution in [3.05, 3.63) is 45.4 Å². The molecule has 0 radical (unpaired) electrons. The predicted molar refractivity (Wildman–Crippen MR) is 161 cm³/mol. The predicted octanol–water partition coefficient (Wildman–Crippen LogP) is 6.57. The van der Waals surface area contributed by atoms with Crippen LogP contribution in [0.4, 0.5) is 0 Å². The fourth-order valence-corrected chi connectivity index (χ4v) is 6.94. The van der Waals surface area contributed by atoms with Crippen molar-refractivity contribution in [2.24, 2.45) is 11.8 Å². The van der Waals surface area contributed by atoms with Gasteiger partial charge >= 0.3 is 5.97 Å². The summed E-state index contributed by atoms with van der Waals surface area (Å²) in [7, 11) is 4.90. The molecule has 8 nitrogen and oxygen atoms in total. The van der Waals surface area contributed by atoms with Crippen LogP contribution < -0.4 is 4.74 Å². The summed E-state index contributed by atoms with van der Waals surface area (Å²) in [4.78, 5) is 36.5. The topological polar surface area (TPSA) is 87.2 Å². The lowest BCUT2D eigenvalue weighted by atomic mass is 9.83. The number of hydrogen-bond acceptors (Lipinski definition) is 8. The number of amides is 1. The first kappa shape index (κ1) is 33.0. The van der Waals surface area contributed by atoms with Crippen molar-refractivity contribution in [1.29, 1.82) is 0 Å². The molecule has 1 aliphatic heterocycles. The van der Waals surface area contributed by atoms with E-state index >= 15 is 0 Å². The van der Waals surface area contributed by atoms with Gasteiger partial charge in [-0.3, -0.25) is 4.79 Å². The normalized spacial score (nSPS) is 21.4. The van der Waals surface area contributed by atoms with Crippen LogP contribution in [0.3, 0.4) is 0 Å². The van der Waals surface area contributed by atoms with Crippen LogP contribution >= 0.6 is 11.3 Å². The number of nitrogens with zero attached hydrogens (tertiary/aromatic N) is 2. The van der Waals surface area contributed by atoms with Crippen LogP contribution in [0.2, 0.25) is 0 Å². The Morgan fingerprint density at radius 1 is 1.10 bits per heavy atom. The van der Waals surface area contributed by atoms with Gasteiger partial charge in [-0.05, 0) is 62.6 Å². The average molecular weight is 589 g/mol. The number of esters is 1. The average Bonchev–Trinajstić information content (AvgIpc) is 3.44. The van der Waals surface area contributed by atoms with Crippen LogP contribution in [-0.4, -0.2) is 60.8 Å². The molecule has 1 aliphatic rings.